The lowest BCUT2D eigenvalue weighted by Crippen LogP contribution is -2.32. The Morgan fingerprint density at radius 3 is 1.41 bits per heavy atom. The molecule has 30 rings (SSSR count). The molecule has 9 heteroatoms. The van der Waals surface area contributed by atoms with Crippen LogP contribution in [-0.4, -0.2) is 0 Å². The molecule has 0 radical (unpaired) electrons. The molecule has 3 aromatic heterocycles. The highest BCUT2D eigenvalue weighted by Gasteiger charge is 2.55. The van der Waals surface area contributed by atoms with Crippen LogP contribution in [0.15, 0.2) is 468 Å². The summed E-state index contributed by atoms with van der Waals surface area (Å²) in [6.07, 6.45) is 0. The summed E-state index contributed by atoms with van der Waals surface area (Å²) in [7, 11) is 0. The molecule has 6 heterocycles. The van der Waals surface area contributed by atoms with E-state index in [0.29, 0.717) is 0 Å². The summed E-state index contributed by atoms with van der Waals surface area (Å²) in [5.41, 5.74) is 33.6. The molecule has 0 saturated heterocycles. The fraction of sp³-hybridized carbons (Fsp3) is 0.0240. The number of anilines is 6. The van der Waals surface area contributed by atoms with Crippen molar-refractivity contribution in [3.63, 3.8) is 0 Å². The number of ether oxygens (including phenoxy) is 2. The second-order valence-electron chi connectivity index (χ2n) is 35.6. The van der Waals surface area contributed by atoms with Gasteiger partial charge in [-0.2, -0.15) is 0 Å². The van der Waals surface area contributed by atoms with Crippen LogP contribution >= 0.6 is 23.1 Å². The first-order valence-electron chi connectivity index (χ1n) is 45.7. The van der Waals surface area contributed by atoms with Crippen LogP contribution in [0.25, 0.3) is 130 Å². The van der Waals surface area contributed by atoms with E-state index in [1.54, 1.807) is 0 Å². The molecule has 7 nitrogen and oxygen atoms in total. The highest BCUT2D eigenvalue weighted by molar-refractivity contribution is 7.99. The van der Waals surface area contributed by atoms with Crippen LogP contribution in [-0.2, 0) is 16.2 Å². The zero-order valence-corrected chi connectivity index (χ0v) is 73.8. The normalized spacial score (nSPS) is 14.5. The number of rotatable bonds is 7. The molecule has 0 amide bonds. The van der Waals surface area contributed by atoms with Crippen LogP contribution in [0.5, 0.6) is 23.0 Å². The van der Waals surface area contributed by atoms with Crippen molar-refractivity contribution in [1.82, 2.24) is 0 Å². The average Bonchev–Trinajstić information content (AvgIpc) is 1.50. The molecule has 1 unspecified atom stereocenters. The van der Waals surface area contributed by atoms with Gasteiger partial charge in [0.25, 0.3) is 0 Å². The number of thiophene rings is 1. The van der Waals surface area contributed by atoms with E-state index in [4.69, 9.17) is 18.3 Å². The van der Waals surface area contributed by atoms with E-state index in [-0.39, 0.29) is 0 Å². The molecule has 3 aliphatic carbocycles. The molecule has 3 spiro atoms. The van der Waals surface area contributed by atoms with Gasteiger partial charge in [-0.3, -0.25) is 0 Å². The average molecular weight is 1750 g/mol. The first-order valence-corrected chi connectivity index (χ1v) is 47.3. The predicted octanol–water partition coefficient (Wildman–Crippen LogP) is 34.2. The van der Waals surface area contributed by atoms with Crippen molar-refractivity contribution >= 4 is 143 Å². The van der Waals surface area contributed by atoms with E-state index in [0.717, 1.165) is 118 Å². The van der Waals surface area contributed by atoms with Crippen LogP contribution < -0.4 is 25.4 Å². The zero-order valence-electron chi connectivity index (χ0n) is 72.2. The van der Waals surface area contributed by atoms with Crippen LogP contribution in [0.2, 0.25) is 0 Å². The summed E-state index contributed by atoms with van der Waals surface area (Å²) in [6, 6.07) is 162. The third kappa shape index (κ3) is 11.2. The second-order valence-corrected chi connectivity index (χ2v) is 37.8. The Bertz CT molecular complexity index is 9000. The van der Waals surface area contributed by atoms with Crippen LogP contribution in [0, 0.1) is 0 Å². The number of nitrogens with one attached hydrogen (secondary N) is 3. The summed E-state index contributed by atoms with van der Waals surface area (Å²) >= 11 is 3.75. The van der Waals surface area contributed by atoms with Gasteiger partial charge in [0.2, 0.25) is 0 Å². The third-order valence-corrected chi connectivity index (χ3v) is 31.0. The van der Waals surface area contributed by atoms with E-state index >= 15 is 0 Å². The van der Waals surface area contributed by atoms with Gasteiger partial charge in [-0.1, -0.05) is 321 Å². The zero-order chi connectivity index (χ0) is 87.9. The first kappa shape index (κ1) is 76.2. The molecule has 6 aliphatic rings. The molecule has 0 bridgehead atoms. The maximum Gasteiger partial charge on any atom is 0.137 e. The Labute approximate surface area is 780 Å². The summed E-state index contributed by atoms with van der Waals surface area (Å²) in [4.78, 5) is 2.62. The first-order chi connectivity index (χ1) is 66.4. The van der Waals surface area contributed by atoms with E-state index in [1.807, 2.05) is 53.4 Å². The number of para-hydroxylation sites is 2. The van der Waals surface area contributed by atoms with Gasteiger partial charge >= 0.3 is 0 Å². The quantitative estimate of drug-likeness (QED) is 0.146. The molecule has 3 aliphatic heterocycles. The molecular formula is C125H77N3O4S2. The van der Waals surface area contributed by atoms with E-state index in [9.17, 15) is 0 Å². The lowest BCUT2D eigenvalue weighted by Gasteiger charge is -2.41. The van der Waals surface area contributed by atoms with Gasteiger partial charge < -0.3 is 34.3 Å². The summed E-state index contributed by atoms with van der Waals surface area (Å²) in [5, 5.41) is 23.5. The van der Waals surface area contributed by atoms with Gasteiger partial charge in [-0.05, 0) is 245 Å². The third-order valence-electron chi connectivity index (χ3n) is 28.7. The monoisotopic (exact) mass is 1750 g/mol. The molecule has 0 fully saturated rings. The second kappa shape index (κ2) is 29.7. The fourth-order valence-electron chi connectivity index (χ4n) is 23.3. The van der Waals surface area contributed by atoms with Gasteiger partial charge in [0.1, 0.15) is 45.3 Å². The number of benzene rings is 21. The number of fused-ring (bicyclic) bond motifs is 39. The highest BCUT2D eigenvalue weighted by Crippen LogP contribution is 2.68. The number of hydrogen-bond acceptors (Lipinski definition) is 9. The van der Waals surface area contributed by atoms with Gasteiger partial charge in [-0.25, -0.2) is 0 Å². The Morgan fingerprint density at radius 2 is 0.687 bits per heavy atom. The molecule has 628 valence electrons. The molecule has 134 heavy (non-hydrogen) atoms. The molecule has 0 saturated carbocycles. The smallest absolute Gasteiger partial charge is 0.137 e. The van der Waals surface area contributed by atoms with Gasteiger partial charge in [0.05, 0.1) is 27.3 Å². The predicted molar refractivity (Wildman–Crippen MR) is 553 cm³/mol. The molecule has 21 aromatic carbocycles. The van der Waals surface area contributed by atoms with Gasteiger partial charge in [0.15, 0.2) is 0 Å². The summed E-state index contributed by atoms with van der Waals surface area (Å²) in [5.74, 6) is 3.55. The SMILES string of the molecule is c1ccc(-c2ccc3oc4ccc(Nc5ccc6c(c5)C5(c7ccccc7O6)c6ccccc6-c6ccccc65)cc4c3c2)cc1.c1ccc2c(c1)-c1ccccc1C21c2cc(Nc3cccc4oc5ccccc5c34)ccc2Oc2cc3ccccc3cc21.c1ccc2c(c1)Sc1cccc(Nc3cccc4sc5ccccc5c34)c1C21c2ccccc2-c2c1ccc1ccccc21. The van der Waals surface area contributed by atoms with Crippen molar-refractivity contribution in [2.24, 2.45) is 0 Å². The van der Waals surface area contributed by atoms with Crippen LogP contribution in [0.3, 0.4) is 0 Å². The van der Waals surface area contributed by atoms with Crippen molar-refractivity contribution in [1.29, 1.82) is 0 Å². The summed E-state index contributed by atoms with van der Waals surface area (Å²) < 4.78 is 28.4. The molecule has 1 atom stereocenters. The van der Waals surface area contributed by atoms with Crippen LogP contribution in [0.1, 0.15) is 66.8 Å². The number of furan rings is 2. The maximum absolute atomic E-state index is 6.78. The van der Waals surface area contributed by atoms with Crippen molar-refractivity contribution in [3.05, 3.63) is 516 Å². The van der Waals surface area contributed by atoms with Crippen molar-refractivity contribution in [2.45, 2.75) is 26.0 Å². The van der Waals surface area contributed by atoms with Crippen molar-refractivity contribution < 1.29 is 18.3 Å². The van der Waals surface area contributed by atoms with Crippen molar-refractivity contribution in [2.75, 3.05) is 16.0 Å². The summed E-state index contributed by atoms with van der Waals surface area (Å²) in [6.45, 7) is 0. The molecule has 3 N–H and O–H groups in total. The maximum atomic E-state index is 6.78. The standard InChI is InChI=1S/C43H27NO2.C41H25NO2.C41H25NS2/c1-2-10-27(11-3-1)28-18-21-39-33(24-28)34-25-29(19-22-40(34)45-39)44-30-20-23-42-38(26-30)43(37-16-8-9-17-41(37)46-42)35-14-6-4-12-31(35)32-13-5-7-15-36(32)43;1-2-11-26-23-39-33(22-25(26)10-1)41(31-15-6-3-12-28(31)29-13-4-7-16-32(29)41)34-24-27(20-21-37(34)44-39)42-35-17-9-19-38-40(35)30-14-5-8-18-36(30)43-38;1-2-12-26-25(11-1)23-24-31-38(26)27-13-3-5-15-29(27)41(31)30-16-6-8-20-35(30)44-37-22-10-18-33(40(37)41)42-32-17-9-21-36-39(32)28-14-4-7-19-34(28)43-36/h1-26,44H;2*1-24,42H. The number of hydrogen-bond donors (Lipinski definition) is 3. The Hall–Kier alpha value is -16.7. The van der Waals surface area contributed by atoms with Gasteiger partial charge in [0, 0.05) is 102 Å². The van der Waals surface area contributed by atoms with Gasteiger partial charge in [-0.15, -0.1) is 11.3 Å². The highest BCUT2D eigenvalue weighted by atomic mass is 32.2. The minimum atomic E-state index is -0.536. The minimum absolute atomic E-state index is 0.457. The Morgan fingerprint density at radius 1 is 0.216 bits per heavy atom. The Balaban J connectivity index is 0.000000100. The van der Waals surface area contributed by atoms with Crippen LogP contribution in [0.4, 0.5) is 34.1 Å². The fourth-order valence-corrected chi connectivity index (χ4v) is 25.7. The largest absolute Gasteiger partial charge is 0.457 e. The lowest BCUT2D eigenvalue weighted by molar-refractivity contribution is 0.436. The molecule has 24 aromatic rings. The van der Waals surface area contributed by atoms with Crippen molar-refractivity contribution in [3.8, 4) is 67.5 Å². The van der Waals surface area contributed by atoms with E-state index in [2.05, 4.69) is 435 Å². The minimum Gasteiger partial charge on any atom is -0.457 e. The van der Waals surface area contributed by atoms with E-state index in [1.165, 1.54) is 146 Å². The lowest BCUT2D eigenvalue weighted by atomic mass is 9.65. The van der Waals surface area contributed by atoms with E-state index < -0.39 is 16.2 Å². The topological polar surface area (TPSA) is 80.8 Å². The Kier molecular flexibility index (Phi) is 16.9. The molecular weight excluding hydrogens is 1670 g/mol.